The van der Waals surface area contributed by atoms with Crippen molar-refractivity contribution in [2.24, 2.45) is 0 Å². The van der Waals surface area contributed by atoms with Crippen molar-refractivity contribution in [1.82, 2.24) is 9.88 Å². The van der Waals surface area contributed by atoms with Crippen molar-refractivity contribution >= 4 is 5.91 Å². The SMILES string of the molecule is Cc1cc(=O)[nH]cc1C(=O)N1CCCCCCC1. The molecule has 0 aliphatic carbocycles. The zero-order chi connectivity index (χ0) is 13.0. The van der Waals surface area contributed by atoms with Crippen LogP contribution < -0.4 is 5.56 Å². The molecule has 0 radical (unpaired) electrons. The number of pyridine rings is 1. The molecule has 1 aromatic heterocycles. The second kappa shape index (κ2) is 5.85. The van der Waals surface area contributed by atoms with E-state index in [0.29, 0.717) is 5.56 Å². The second-order valence-corrected chi connectivity index (χ2v) is 4.95. The highest BCUT2D eigenvalue weighted by Crippen LogP contribution is 2.14. The average Bonchev–Trinajstić information content (AvgIpc) is 2.27. The highest BCUT2D eigenvalue weighted by molar-refractivity contribution is 5.95. The molecule has 4 nitrogen and oxygen atoms in total. The molecule has 98 valence electrons. The number of rotatable bonds is 1. The number of aromatic amines is 1. The van der Waals surface area contributed by atoms with E-state index < -0.39 is 0 Å². The molecular formula is C14H20N2O2. The Bertz CT molecular complexity index is 471. The van der Waals surface area contributed by atoms with Gasteiger partial charge in [0.25, 0.3) is 5.91 Å². The lowest BCUT2D eigenvalue weighted by molar-refractivity contribution is 0.0741. The van der Waals surface area contributed by atoms with Crippen molar-refractivity contribution < 1.29 is 4.79 Å². The molecule has 1 saturated heterocycles. The van der Waals surface area contributed by atoms with Gasteiger partial charge in [-0.25, -0.2) is 0 Å². The third-order valence-corrected chi connectivity index (χ3v) is 3.50. The lowest BCUT2D eigenvalue weighted by atomic mass is 10.1. The summed E-state index contributed by atoms with van der Waals surface area (Å²) in [5.41, 5.74) is 1.22. The highest BCUT2D eigenvalue weighted by Gasteiger charge is 2.18. The summed E-state index contributed by atoms with van der Waals surface area (Å²) < 4.78 is 0. The number of carbonyl (C=O) groups excluding carboxylic acids is 1. The lowest BCUT2D eigenvalue weighted by Gasteiger charge is -2.25. The van der Waals surface area contributed by atoms with E-state index >= 15 is 0 Å². The molecule has 1 aliphatic heterocycles. The fourth-order valence-corrected chi connectivity index (χ4v) is 2.42. The van der Waals surface area contributed by atoms with Gasteiger partial charge < -0.3 is 9.88 Å². The summed E-state index contributed by atoms with van der Waals surface area (Å²) in [7, 11) is 0. The quantitative estimate of drug-likeness (QED) is 0.827. The van der Waals surface area contributed by atoms with Gasteiger partial charge in [-0.05, 0) is 25.3 Å². The van der Waals surface area contributed by atoms with Crippen LogP contribution in [0, 0.1) is 6.92 Å². The van der Waals surface area contributed by atoms with Crippen LogP contribution in [0.5, 0.6) is 0 Å². The number of aromatic nitrogens is 1. The van der Waals surface area contributed by atoms with E-state index in [0.717, 1.165) is 31.5 Å². The molecule has 0 spiro atoms. The molecule has 1 aliphatic rings. The summed E-state index contributed by atoms with van der Waals surface area (Å²) in [4.78, 5) is 28.1. The second-order valence-electron chi connectivity index (χ2n) is 4.95. The van der Waals surface area contributed by atoms with Crippen LogP contribution in [0.2, 0.25) is 0 Å². The number of hydrogen-bond donors (Lipinski definition) is 1. The fourth-order valence-electron chi connectivity index (χ4n) is 2.42. The Morgan fingerprint density at radius 2 is 1.78 bits per heavy atom. The van der Waals surface area contributed by atoms with Gasteiger partial charge in [-0.3, -0.25) is 9.59 Å². The van der Waals surface area contributed by atoms with E-state index in [9.17, 15) is 9.59 Å². The first-order valence-corrected chi connectivity index (χ1v) is 6.67. The van der Waals surface area contributed by atoms with Crippen LogP contribution in [-0.4, -0.2) is 28.9 Å². The molecule has 1 N–H and O–H groups in total. The molecule has 1 fully saturated rings. The zero-order valence-corrected chi connectivity index (χ0v) is 10.9. The van der Waals surface area contributed by atoms with Crippen LogP contribution in [0.1, 0.15) is 48.0 Å². The smallest absolute Gasteiger partial charge is 0.255 e. The van der Waals surface area contributed by atoms with Crippen LogP contribution in [0.15, 0.2) is 17.1 Å². The minimum absolute atomic E-state index is 0.0469. The fraction of sp³-hybridized carbons (Fsp3) is 0.571. The first-order valence-electron chi connectivity index (χ1n) is 6.67. The Kier molecular flexibility index (Phi) is 4.18. The number of aryl methyl sites for hydroxylation is 1. The van der Waals surface area contributed by atoms with Crippen molar-refractivity contribution in [3.63, 3.8) is 0 Å². The standard InChI is InChI=1S/C14H20N2O2/c1-11-9-13(17)15-10-12(11)14(18)16-7-5-3-2-4-6-8-16/h9-10H,2-8H2,1H3,(H,15,17). The molecule has 1 amide bonds. The van der Waals surface area contributed by atoms with Crippen molar-refractivity contribution in [1.29, 1.82) is 0 Å². The summed E-state index contributed by atoms with van der Waals surface area (Å²) in [6.45, 7) is 3.47. The predicted octanol–water partition coefficient (Wildman–Crippen LogP) is 2.09. The molecule has 2 rings (SSSR count). The Balaban J connectivity index is 2.15. The molecule has 4 heteroatoms. The van der Waals surface area contributed by atoms with E-state index in [1.807, 2.05) is 11.8 Å². The van der Waals surface area contributed by atoms with Crippen LogP contribution in [-0.2, 0) is 0 Å². The number of carbonyl (C=O) groups is 1. The minimum Gasteiger partial charge on any atom is -0.339 e. The summed E-state index contributed by atoms with van der Waals surface area (Å²) >= 11 is 0. The van der Waals surface area contributed by atoms with Gasteiger partial charge in [-0.2, -0.15) is 0 Å². The summed E-state index contributed by atoms with van der Waals surface area (Å²) in [5.74, 6) is 0.0469. The van der Waals surface area contributed by atoms with Crippen LogP contribution in [0.3, 0.4) is 0 Å². The number of nitrogens with zero attached hydrogens (tertiary/aromatic N) is 1. The lowest BCUT2D eigenvalue weighted by Crippen LogP contribution is -2.34. The Labute approximate surface area is 107 Å². The van der Waals surface area contributed by atoms with Gasteiger partial charge in [0.2, 0.25) is 5.56 Å². The number of likely N-dealkylation sites (tertiary alicyclic amines) is 1. The molecule has 0 atom stereocenters. The predicted molar refractivity (Wildman–Crippen MR) is 70.8 cm³/mol. The first-order chi connectivity index (χ1) is 8.68. The largest absolute Gasteiger partial charge is 0.339 e. The van der Waals surface area contributed by atoms with Crippen molar-refractivity contribution in [2.75, 3.05) is 13.1 Å². The topological polar surface area (TPSA) is 53.2 Å². The first kappa shape index (κ1) is 12.9. The summed E-state index contributed by atoms with van der Waals surface area (Å²) in [5, 5.41) is 0. The average molecular weight is 248 g/mol. The van der Waals surface area contributed by atoms with Gasteiger partial charge in [0.1, 0.15) is 0 Å². The van der Waals surface area contributed by atoms with Gasteiger partial charge in [-0.15, -0.1) is 0 Å². The van der Waals surface area contributed by atoms with Crippen molar-refractivity contribution in [3.8, 4) is 0 Å². The van der Waals surface area contributed by atoms with E-state index in [-0.39, 0.29) is 11.5 Å². The number of amides is 1. The Morgan fingerprint density at radius 1 is 1.17 bits per heavy atom. The van der Waals surface area contributed by atoms with Crippen molar-refractivity contribution in [2.45, 2.75) is 39.0 Å². The Morgan fingerprint density at radius 3 is 2.39 bits per heavy atom. The zero-order valence-electron chi connectivity index (χ0n) is 10.9. The van der Waals surface area contributed by atoms with Crippen molar-refractivity contribution in [3.05, 3.63) is 33.7 Å². The molecule has 18 heavy (non-hydrogen) atoms. The highest BCUT2D eigenvalue weighted by atomic mass is 16.2. The van der Waals surface area contributed by atoms with Gasteiger partial charge >= 0.3 is 0 Å². The molecule has 0 unspecified atom stereocenters. The number of hydrogen-bond acceptors (Lipinski definition) is 2. The molecule has 0 saturated carbocycles. The molecule has 1 aromatic rings. The van der Waals surface area contributed by atoms with E-state index in [4.69, 9.17) is 0 Å². The Hall–Kier alpha value is -1.58. The molecular weight excluding hydrogens is 228 g/mol. The van der Waals surface area contributed by atoms with Crippen LogP contribution >= 0.6 is 0 Å². The normalized spacial score (nSPS) is 17.1. The maximum atomic E-state index is 12.4. The van der Waals surface area contributed by atoms with Crippen LogP contribution in [0.4, 0.5) is 0 Å². The number of H-pyrrole nitrogens is 1. The molecule has 2 heterocycles. The maximum Gasteiger partial charge on any atom is 0.255 e. The van der Waals surface area contributed by atoms with Gasteiger partial charge in [0.05, 0.1) is 5.56 Å². The number of nitrogens with one attached hydrogen (secondary N) is 1. The third kappa shape index (κ3) is 3.00. The van der Waals surface area contributed by atoms with E-state index in [1.165, 1.54) is 25.3 Å². The maximum absolute atomic E-state index is 12.4. The molecule has 0 bridgehead atoms. The van der Waals surface area contributed by atoms with Gasteiger partial charge in [0.15, 0.2) is 0 Å². The molecule has 0 aromatic carbocycles. The van der Waals surface area contributed by atoms with E-state index in [1.54, 1.807) is 6.20 Å². The minimum atomic E-state index is -0.156. The van der Waals surface area contributed by atoms with E-state index in [2.05, 4.69) is 4.98 Å². The summed E-state index contributed by atoms with van der Waals surface area (Å²) in [6.07, 6.45) is 7.38. The van der Waals surface area contributed by atoms with Gasteiger partial charge in [-0.1, -0.05) is 19.3 Å². The third-order valence-electron chi connectivity index (χ3n) is 3.50. The summed E-state index contributed by atoms with van der Waals surface area (Å²) in [6, 6.07) is 1.48. The van der Waals surface area contributed by atoms with Gasteiger partial charge in [0, 0.05) is 25.4 Å². The van der Waals surface area contributed by atoms with Crippen LogP contribution in [0.25, 0.3) is 0 Å². The monoisotopic (exact) mass is 248 g/mol.